The second kappa shape index (κ2) is 9.71. The summed E-state index contributed by atoms with van der Waals surface area (Å²) < 4.78 is 7.10. The summed E-state index contributed by atoms with van der Waals surface area (Å²) in [5, 5.41) is 5.90. The first-order valence-electron chi connectivity index (χ1n) is 10.3. The van der Waals surface area contributed by atoms with Crippen LogP contribution in [0, 0.1) is 5.92 Å². The van der Waals surface area contributed by atoms with Gasteiger partial charge in [-0.25, -0.2) is 0 Å². The number of thiophene rings is 1. The van der Waals surface area contributed by atoms with Crippen molar-refractivity contribution in [3.05, 3.63) is 53.1 Å². The van der Waals surface area contributed by atoms with E-state index in [1.807, 2.05) is 40.6 Å². The minimum absolute atomic E-state index is 0.111. The Morgan fingerprint density at radius 2 is 2.13 bits per heavy atom. The quantitative estimate of drug-likeness (QED) is 0.513. The number of thioether (sulfide) groups is 1. The van der Waals surface area contributed by atoms with E-state index in [-0.39, 0.29) is 11.8 Å². The lowest BCUT2D eigenvalue weighted by molar-refractivity contribution is -0.132. The van der Waals surface area contributed by atoms with Crippen LogP contribution in [0.5, 0.6) is 0 Å². The molecule has 0 saturated carbocycles. The number of nitrogens with one attached hydrogen (secondary N) is 1. The molecule has 3 aromatic rings. The number of para-hydroxylation sites is 1. The molecule has 1 aliphatic heterocycles. The molecule has 0 radical (unpaired) electrons. The number of nitrogens with zero attached hydrogens (tertiary/aromatic N) is 1. The van der Waals surface area contributed by atoms with Crippen molar-refractivity contribution in [3.8, 4) is 0 Å². The SMILES string of the molecule is CC1CCCN(C(=O)CCNC(=O)c2oc3ccccc3c2CSc2cccs2)C1. The number of piperidine rings is 1. The van der Waals surface area contributed by atoms with Crippen LogP contribution in [0.25, 0.3) is 11.0 Å². The van der Waals surface area contributed by atoms with Crippen LogP contribution < -0.4 is 5.32 Å². The minimum atomic E-state index is -0.257. The van der Waals surface area contributed by atoms with Crippen molar-refractivity contribution in [2.24, 2.45) is 5.92 Å². The Morgan fingerprint density at radius 3 is 2.93 bits per heavy atom. The first-order chi connectivity index (χ1) is 14.6. The molecule has 4 rings (SSSR count). The lowest BCUT2D eigenvalue weighted by Crippen LogP contribution is -2.40. The molecular weight excluding hydrogens is 416 g/mol. The third-order valence-electron chi connectivity index (χ3n) is 5.39. The third-order valence-corrected chi connectivity index (χ3v) is 7.55. The Balaban J connectivity index is 1.41. The largest absolute Gasteiger partial charge is 0.451 e. The average molecular weight is 443 g/mol. The van der Waals surface area contributed by atoms with E-state index in [0.29, 0.717) is 36.0 Å². The van der Waals surface area contributed by atoms with Gasteiger partial charge in [0.15, 0.2) is 5.76 Å². The predicted molar refractivity (Wildman–Crippen MR) is 122 cm³/mol. The normalized spacial score (nSPS) is 16.7. The predicted octanol–water partition coefficient (Wildman–Crippen LogP) is 5.17. The number of carbonyl (C=O) groups is 2. The maximum atomic E-state index is 12.9. The fourth-order valence-corrected chi connectivity index (χ4v) is 5.66. The average Bonchev–Trinajstić information content (AvgIpc) is 3.39. The van der Waals surface area contributed by atoms with Gasteiger partial charge in [0.2, 0.25) is 5.91 Å². The zero-order chi connectivity index (χ0) is 20.9. The number of fused-ring (bicyclic) bond motifs is 1. The van der Waals surface area contributed by atoms with Gasteiger partial charge in [0.05, 0.1) is 4.21 Å². The number of carbonyl (C=O) groups excluding carboxylic acids is 2. The minimum Gasteiger partial charge on any atom is -0.451 e. The molecule has 2 amide bonds. The van der Waals surface area contributed by atoms with Crippen molar-refractivity contribution in [1.82, 2.24) is 10.2 Å². The molecule has 1 fully saturated rings. The second-order valence-corrected chi connectivity index (χ2v) is 9.94. The van der Waals surface area contributed by atoms with E-state index in [2.05, 4.69) is 18.3 Å². The van der Waals surface area contributed by atoms with Crippen LogP contribution in [-0.2, 0) is 10.5 Å². The maximum absolute atomic E-state index is 12.9. The fourth-order valence-electron chi connectivity index (χ4n) is 3.85. The molecule has 0 spiro atoms. The van der Waals surface area contributed by atoms with Gasteiger partial charge < -0.3 is 14.6 Å². The molecule has 1 aromatic carbocycles. The zero-order valence-corrected chi connectivity index (χ0v) is 18.7. The van der Waals surface area contributed by atoms with Crippen molar-refractivity contribution in [2.75, 3.05) is 19.6 Å². The summed E-state index contributed by atoms with van der Waals surface area (Å²) in [6.45, 7) is 4.14. The van der Waals surface area contributed by atoms with Gasteiger partial charge in [0.1, 0.15) is 5.58 Å². The van der Waals surface area contributed by atoms with E-state index < -0.39 is 0 Å². The second-order valence-electron chi connectivity index (χ2n) is 7.72. The molecule has 1 aliphatic rings. The number of hydrogen-bond donors (Lipinski definition) is 1. The summed E-state index contributed by atoms with van der Waals surface area (Å²) in [5.74, 6) is 1.41. The zero-order valence-electron chi connectivity index (χ0n) is 17.1. The van der Waals surface area contributed by atoms with E-state index in [1.165, 1.54) is 10.6 Å². The van der Waals surface area contributed by atoms with E-state index in [0.717, 1.165) is 30.5 Å². The van der Waals surface area contributed by atoms with Crippen molar-refractivity contribution in [3.63, 3.8) is 0 Å². The van der Waals surface area contributed by atoms with Crippen LogP contribution in [0.4, 0.5) is 0 Å². The molecule has 3 heterocycles. The maximum Gasteiger partial charge on any atom is 0.287 e. The van der Waals surface area contributed by atoms with Crippen LogP contribution in [-0.4, -0.2) is 36.3 Å². The van der Waals surface area contributed by atoms with Gasteiger partial charge >= 0.3 is 0 Å². The van der Waals surface area contributed by atoms with Gasteiger partial charge in [-0.1, -0.05) is 31.2 Å². The van der Waals surface area contributed by atoms with E-state index >= 15 is 0 Å². The van der Waals surface area contributed by atoms with Gasteiger partial charge in [-0.05, 0) is 36.3 Å². The van der Waals surface area contributed by atoms with Gasteiger partial charge in [-0.2, -0.15) is 0 Å². The summed E-state index contributed by atoms with van der Waals surface area (Å²) in [6, 6.07) is 11.8. The molecule has 5 nitrogen and oxygen atoms in total. The number of furan rings is 1. The van der Waals surface area contributed by atoms with E-state index in [9.17, 15) is 9.59 Å². The lowest BCUT2D eigenvalue weighted by atomic mass is 10.00. The number of hydrogen-bond acceptors (Lipinski definition) is 5. The Bertz CT molecular complexity index is 1010. The number of likely N-dealkylation sites (tertiary alicyclic amines) is 1. The fraction of sp³-hybridized carbons (Fsp3) is 0.391. The highest BCUT2D eigenvalue weighted by atomic mass is 32.2. The van der Waals surface area contributed by atoms with Crippen LogP contribution in [0.1, 0.15) is 42.3 Å². The molecule has 1 saturated heterocycles. The molecule has 30 heavy (non-hydrogen) atoms. The van der Waals surface area contributed by atoms with Gasteiger partial charge in [-0.3, -0.25) is 9.59 Å². The molecule has 2 aromatic heterocycles. The van der Waals surface area contributed by atoms with Gasteiger partial charge in [-0.15, -0.1) is 23.1 Å². The molecule has 1 unspecified atom stereocenters. The molecular formula is C23H26N2O3S2. The molecule has 0 bridgehead atoms. The standard InChI is InChI=1S/C23H26N2O3S2/c1-16-6-4-12-25(14-16)20(26)10-11-24-23(27)22-18(15-30-21-9-5-13-29-21)17-7-2-3-8-19(17)28-22/h2-3,5,7-9,13,16H,4,6,10-12,14-15H2,1H3,(H,24,27). The summed E-state index contributed by atoms with van der Waals surface area (Å²) in [4.78, 5) is 27.2. The summed E-state index contributed by atoms with van der Waals surface area (Å²) in [5.41, 5.74) is 1.61. The Kier molecular flexibility index (Phi) is 6.79. The molecule has 158 valence electrons. The van der Waals surface area contributed by atoms with Crippen LogP contribution in [0.3, 0.4) is 0 Å². The molecule has 7 heteroatoms. The number of rotatable bonds is 7. The van der Waals surface area contributed by atoms with Crippen molar-refractivity contribution in [1.29, 1.82) is 0 Å². The van der Waals surface area contributed by atoms with E-state index in [4.69, 9.17) is 4.42 Å². The highest BCUT2D eigenvalue weighted by Crippen LogP contribution is 2.33. The smallest absolute Gasteiger partial charge is 0.287 e. The Hall–Kier alpha value is -2.25. The van der Waals surface area contributed by atoms with Crippen LogP contribution in [0.15, 0.2) is 50.4 Å². The molecule has 1 atom stereocenters. The van der Waals surface area contributed by atoms with E-state index in [1.54, 1.807) is 23.1 Å². The van der Waals surface area contributed by atoms with Crippen molar-refractivity contribution in [2.45, 2.75) is 36.1 Å². The van der Waals surface area contributed by atoms with Crippen LogP contribution >= 0.6 is 23.1 Å². The van der Waals surface area contributed by atoms with Crippen molar-refractivity contribution >= 4 is 45.9 Å². The summed E-state index contributed by atoms with van der Waals surface area (Å²) in [6.07, 6.45) is 2.56. The van der Waals surface area contributed by atoms with Gasteiger partial charge in [0.25, 0.3) is 5.91 Å². The summed E-state index contributed by atoms with van der Waals surface area (Å²) >= 11 is 3.38. The topological polar surface area (TPSA) is 62.6 Å². The molecule has 0 aliphatic carbocycles. The highest BCUT2D eigenvalue weighted by molar-refractivity contribution is 8.00. The summed E-state index contributed by atoms with van der Waals surface area (Å²) in [7, 11) is 0. The first kappa shape index (κ1) is 21.0. The number of benzene rings is 1. The lowest BCUT2D eigenvalue weighted by Gasteiger charge is -2.31. The monoisotopic (exact) mass is 442 g/mol. The number of amides is 2. The Morgan fingerprint density at radius 1 is 1.27 bits per heavy atom. The first-order valence-corrected chi connectivity index (χ1v) is 12.2. The third kappa shape index (κ3) is 4.90. The highest BCUT2D eigenvalue weighted by Gasteiger charge is 2.23. The Labute approximate surface area is 184 Å². The van der Waals surface area contributed by atoms with Crippen molar-refractivity contribution < 1.29 is 14.0 Å². The molecule has 1 N–H and O–H groups in total. The van der Waals surface area contributed by atoms with Gasteiger partial charge in [0, 0.05) is 42.8 Å². The van der Waals surface area contributed by atoms with Crippen LogP contribution in [0.2, 0.25) is 0 Å².